The standard InChI is InChI=1S/C13H14ClNO3/c1-13(2,3)18-12(17)10-8-5-4-7(14)6-9(8)15-11(10)16/h4-6,10H,1-3H3,(H,15,16). The highest BCUT2D eigenvalue weighted by Crippen LogP contribution is 2.35. The molecule has 1 unspecified atom stereocenters. The zero-order chi connectivity index (χ0) is 13.5. The van der Waals surface area contributed by atoms with Crippen molar-refractivity contribution in [2.24, 2.45) is 0 Å². The minimum absolute atomic E-state index is 0.374. The van der Waals surface area contributed by atoms with Gasteiger partial charge in [-0.15, -0.1) is 0 Å². The van der Waals surface area contributed by atoms with Crippen LogP contribution in [0.3, 0.4) is 0 Å². The van der Waals surface area contributed by atoms with Crippen molar-refractivity contribution in [1.82, 2.24) is 0 Å². The maximum absolute atomic E-state index is 12.0. The zero-order valence-corrected chi connectivity index (χ0v) is 11.2. The quantitative estimate of drug-likeness (QED) is 0.629. The van der Waals surface area contributed by atoms with E-state index in [4.69, 9.17) is 16.3 Å². The second-order valence-electron chi connectivity index (χ2n) is 5.19. The van der Waals surface area contributed by atoms with Crippen molar-refractivity contribution in [1.29, 1.82) is 0 Å². The summed E-state index contributed by atoms with van der Waals surface area (Å²) in [5.74, 6) is -1.82. The van der Waals surface area contributed by atoms with Gasteiger partial charge in [-0.1, -0.05) is 17.7 Å². The molecule has 2 rings (SSSR count). The first-order valence-corrected chi connectivity index (χ1v) is 5.99. The third-order valence-corrected chi connectivity index (χ3v) is 2.72. The molecule has 5 heteroatoms. The first-order chi connectivity index (χ1) is 8.28. The summed E-state index contributed by atoms with van der Waals surface area (Å²) in [5, 5.41) is 3.14. The smallest absolute Gasteiger partial charge is 0.323 e. The van der Waals surface area contributed by atoms with Gasteiger partial charge in [0.2, 0.25) is 5.91 Å². The van der Waals surface area contributed by atoms with E-state index in [0.717, 1.165) is 0 Å². The van der Waals surface area contributed by atoms with Crippen LogP contribution < -0.4 is 5.32 Å². The van der Waals surface area contributed by atoms with E-state index in [-0.39, 0.29) is 5.91 Å². The van der Waals surface area contributed by atoms with Gasteiger partial charge in [0, 0.05) is 10.7 Å². The highest BCUT2D eigenvalue weighted by atomic mass is 35.5. The number of carbonyl (C=O) groups excluding carboxylic acids is 2. The van der Waals surface area contributed by atoms with Crippen molar-refractivity contribution in [2.75, 3.05) is 5.32 Å². The van der Waals surface area contributed by atoms with Crippen molar-refractivity contribution in [2.45, 2.75) is 32.3 Å². The van der Waals surface area contributed by atoms with Crippen molar-refractivity contribution in [3.05, 3.63) is 28.8 Å². The van der Waals surface area contributed by atoms with Gasteiger partial charge in [-0.25, -0.2) is 0 Å². The van der Waals surface area contributed by atoms with Crippen LogP contribution in [-0.4, -0.2) is 17.5 Å². The average Bonchev–Trinajstić information content (AvgIpc) is 2.50. The molecule has 0 spiro atoms. The Hall–Kier alpha value is -1.55. The summed E-state index contributed by atoms with van der Waals surface area (Å²) < 4.78 is 5.25. The molecule has 4 nitrogen and oxygen atoms in total. The van der Waals surface area contributed by atoms with Crippen LogP contribution in [-0.2, 0) is 14.3 Å². The third kappa shape index (κ3) is 2.48. The van der Waals surface area contributed by atoms with E-state index in [1.54, 1.807) is 39.0 Å². The summed E-state index contributed by atoms with van der Waals surface area (Å²) in [7, 11) is 0. The summed E-state index contributed by atoms with van der Waals surface area (Å²) >= 11 is 5.84. The molecule has 0 saturated carbocycles. The highest BCUT2D eigenvalue weighted by Gasteiger charge is 2.39. The van der Waals surface area contributed by atoms with Gasteiger partial charge in [-0.2, -0.15) is 0 Å². The van der Waals surface area contributed by atoms with Crippen LogP contribution >= 0.6 is 11.6 Å². The molecule has 0 aromatic heterocycles. The molecule has 18 heavy (non-hydrogen) atoms. The van der Waals surface area contributed by atoms with Gasteiger partial charge in [-0.05, 0) is 38.5 Å². The van der Waals surface area contributed by atoms with Gasteiger partial charge in [0.1, 0.15) is 5.60 Å². The Labute approximate surface area is 110 Å². The number of rotatable bonds is 1. The van der Waals surface area contributed by atoms with E-state index < -0.39 is 17.5 Å². The van der Waals surface area contributed by atoms with E-state index in [1.165, 1.54) is 0 Å². The van der Waals surface area contributed by atoms with Crippen LogP contribution in [0.15, 0.2) is 18.2 Å². The molecule has 1 heterocycles. The molecule has 0 aliphatic carbocycles. The maximum Gasteiger partial charge on any atom is 0.323 e. The lowest BCUT2D eigenvalue weighted by atomic mass is 10.0. The van der Waals surface area contributed by atoms with E-state index in [0.29, 0.717) is 16.3 Å². The molecule has 1 aromatic carbocycles. The second kappa shape index (κ2) is 4.28. The van der Waals surface area contributed by atoms with Crippen LogP contribution in [0.2, 0.25) is 5.02 Å². The second-order valence-corrected chi connectivity index (χ2v) is 5.62. The molecule has 0 fully saturated rings. The molecule has 1 aliphatic heterocycles. The fourth-order valence-corrected chi connectivity index (χ4v) is 2.00. The normalized spacial score (nSPS) is 18.2. The van der Waals surface area contributed by atoms with Gasteiger partial charge in [0.05, 0.1) is 0 Å². The molecule has 96 valence electrons. The molecule has 1 aromatic rings. The van der Waals surface area contributed by atoms with Gasteiger partial charge >= 0.3 is 5.97 Å². The van der Waals surface area contributed by atoms with Crippen LogP contribution in [0.1, 0.15) is 32.3 Å². The van der Waals surface area contributed by atoms with Gasteiger partial charge in [0.25, 0.3) is 0 Å². The number of anilines is 1. The minimum atomic E-state index is -0.906. The Morgan fingerprint density at radius 2 is 2.06 bits per heavy atom. The van der Waals surface area contributed by atoms with Crippen LogP contribution in [0.5, 0.6) is 0 Å². The third-order valence-electron chi connectivity index (χ3n) is 2.49. The number of ether oxygens (including phenoxy) is 1. The number of fused-ring (bicyclic) bond motifs is 1. The molecule has 0 saturated heterocycles. The van der Waals surface area contributed by atoms with Crippen LogP contribution in [0, 0.1) is 0 Å². The van der Waals surface area contributed by atoms with E-state index in [9.17, 15) is 9.59 Å². The van der Waals surface area contributed by atoms with E-state index in [1.807, 2.05) is 0 Å². The number of halogens is 1. The minimum Gasteiger partial charge on any atom is -0.459 e. The molecule has 1 N–H and O–H groups in total. The SMILES string of the molecule is CC(C)(C)OC(=O)C1C(=O)Nc2cc(Cl)ccc21. The average molecular weight is 268 g/mol. The lowest BCUT2D eigenvalue weighted by molar-refractivity contribution is -0.157. The molecule has 1 atom stereocenters. The predicted octanol–water partition coefficient (Wildman–Crippen LogP) is 2.72. The molecular weight excluding hydrogens is 254 g/mol. The molecule has 0 radical (unpaired) electrons. The number of hydrogen-bond acceptors (Lipinski definition) is 3. The topological polar surface area (TPSA) is 55.4 Å². The highest BCUT2D eigenvalue weighted by molar-refractivity contribution is 6.31. The predicted molar refractivity (Wildman–Crippen MR) is 68.7 cm³/mol. The van der Waals surface area contributed by atoms with Gasteiger partial charge in [0.15, 0.2) is 5.92 Å². The van der Waals surface area contributed by atoms with Crippen LogP contribution in [0.25, 0.3) is 0 Å². The Morgan fingerprint density at radius 1 is 1.39 bits per heavy atom. The van der Waals surface area contributed by atoms with Crippen molar-refractivity contribution >= 4 is 29.2 Å². The molecule has 0 bridgehead atoms. The summed E-state index contributed by atoms with van der Waals surface area (Å²) in [6.07, 6.45) is 0. The monoisotopic (exact) mass is 267 g/mol. The lowest BCUT2D eigenvalue weighted by Gasteiger charge is -2.21. The number of esters is 1. The van der Waals surface area contributed by atoms with E-state index in [2.05, 4.69) is 5.32 Å². The molecule has 1 amide bonds. The maximum atomic E-state index is 12.0. The first kappa shape index (κ1) is 12.9. The number of benzene rings is 1. The Bertz CT molecular complexity index is 519. The van der Waals surface area contributed by atoms with E-state index >= 15 is 0 Å². The Morgan fingerprint density at radius 3 is 2.67 bits per heavy atom. The summed E-state index contributed by atoms with van der Waals surface area (Å²) in [6, 6.07) is 4.95. The number of carbonyl (C=O) groups is 2. The molecular formula is C13H14ClNO3. The van der Waals surface area contributed by atoms with Gasteiger partial charge in [-0.3, -0.25) is 9.59 Å². The number of hydrogen-bond donors (Lipinski definition) is 1. The summed E-state index contributed by atoms with van der Waals surface area (Å²) in [6.45, 7) is 5.29. The Kier molecular flexibility index (Phi) is 3.07. The fourth-order valence-electron chi connectivity index (χ4n) is 1.83. The largest absolute Gasteiger partial charge is 0.459 e. The number of nitrogens with one attached hydrogen (secondary N) is 1. The van der Waals surface area contributed by atoms with Crippen molar-refractivity contribution in [3.63, 3.8) is 0 Å². The summed E-state index contributed by atoms with van der Waals surface area (Å²) in [4.78, 5) is 23.8. The summed E-state index contributed by atoms with van der Waals surface area (Å²) in [5.41, 5.74) is 0.564. The van der Waals surface area contributed by atoms with Crippen molar-refractivity contribution in [3.8, 4) is 0 Å². The van der Waals surface area contributed by atoms with Gasteiger partial charge < -0.3 is 10.1 Å². The lowest BCUT2D eigenvalue weighted by Crippen LogP contribution is -2.30. The van der Waals surface area contributed by atoms with Crippen molar-refractivity contribution < 1.29 is 14.3 Å². The Balaban J connectivity index is 2.31. The molecule has 1 aliphatic rings. The first-order valence-electron chi connectivity index (χ1n) is 5.61. The number of amides is 1. The zero-order valence-electron chi connectivity index (χ0n) is 10.4. The van der Waals surface area contributed by atoms with Crippen LogP contribution in [0.4, 0.5) is 5.69 Å². The fraction of sp³-hybridized carbons (Fsp3) is 0.385.